The molecule has 1 aliphatic rings. The van der Waals surface area contributed by atoms with E-state index in [2.05, 4.69) is 40.4 Å². The summed E-state index contributed by atoms with van der Waals surface area (Å²) in [6.45, 7) is 8.08. The second-order valence-electron chi connectivity index (χ2n) is 5.56. The summed E-state index contributed by atoms with van der Waals surface area (Å²) in [4.78, 5) is 4.88. The number of nitrogens with zero attached hydrogens (tertiary/aromatic N) is 2. The van der Waals surface area contributed by atoms with E-state index in [9.17, 15) is 0 Å². The zero-order valence-electron chi connectivity index (χ0n) is 12.9. The molecule has 0 aromatic heterocycles. The first-order valence-electron chi connectivity index (χ1n) is 7.31. The smallest absolute Gasteiger partial charge is 0.119 e. The van der Waals surface area contributed by atoms with Gasteiger partial charge in [0.1, 0.15) is 5.75 Å². The van der Waals surface area contributed by atoms with Crippen molar-refractivity contribution in [1.29, 1.82) is 0 Å². The third kappa shape index (κ3) is 5.71. The molecule has 0 saturated carbocycles. The van der Waals surface area contributed by atoms with E-state index >= 15 is 0 Å². The first kappa shape index (κ1) is 17.0. The predicted molar refractivity (Wildman–Crippen MR) is 95.4 cm³/mol. The van der Waals surface area contributed by atoms with Crippen molar-refractivity contribution < 1.29 is 9.47 Å². The fraction of sp³-hybridized carbons (Fsp3) is 0.600. The summed E-state index contributed by atoms with van der Waals surface area (Å²) in [5.74, 6) is 0.910. The highest BCUT2D eigenvalue weighted by Crippen LogP contribution is 2.26. The normalized spacial score (nSPS) is 17.0. The van der Waals surface area contributed by atoms with Gasteiger partial charge in [-0.1, -0.05) is 18.5 Å². The Morgan fingerprint density at radius 1 is 1.10 bits per heavy atom. The number of piperazine rings is 1. The van der Waals surface area contributed by atoms with Crippen molar-refractivity contribution in [2.75, 3.05) is 51.3 Å². The van der Waals surface area contributed by atoms with E-state index in [1.807, 2.05) is 19.1 Å². The van der Waals surface area contributed by atoms with Crippen LogP contribution in [0, 0.1) is 0 Å². The standard InChI is InChI=1S/C15H26N2O2P2/c1-15(20,21)19-12-11-16-7-9-17(10-8-16)13-3-5-14(18-2)6-4-13/h3-6H,7-12,20-21H2,1-2H3. The van der Waals surface area contributed by atoms with Gasteiger partial charge in [-0.05, 0) is 31.2 Å². The monoisotopic (exact) mass is 328 g/mol. The first-order valence-corrected chi connectivity index (χ1v) is 8.46. The quantitative estimate of drug-likeness (QED) is 0.748. The van der Waals surface area contributed by atoms with Crippen LogP contribution in [0.15, 0.2) is 24.3 Å². The van der Waals surface area contributed by atoms with E-state index in [1.165, 1.54) is 5.69 Å². The molecule has 6 heteroatoms. The second-order valence-corrected chi connectivity index (χ2v) is 8.52. The minimum Gasteiger partial charge on any atom is -0.497 e. The van der Waals surface area contributed by atoms with E-state index in [4.69, 9.17) is 9.47 Å². The number of hydrogen-bond acceptors (Lipinski definition) is 4. The lowest BCUT2D eigenvalue weighted by Gasteiger charge is -2.36. The molecule has 21 heavy (non-hydrogen) atoms. The third-order valence-corrected chi connectivity index (χ3v) is 3.96. The number of hydrogen-bond donors (Lipinski definition) is 0. The Morgan fingerprint density at radius 2 is 1.71 bits per heavy atom. The van der Waals surface area contributed by atoms with Gasteiger partial charge in [0.2, 0.25) is 0 Å². The van der Waals surface area contributed by atoms with Crippen molar-refractivity contribution in [2.45, 2.75) is 12.0 Å². The van der Waals surface area contributed by atoms with Gasteiger partial charge in [0, 0.05) is 38.4 Å². The summed E-state index contributed by atoms with van der Waals surface area (Å²) in [5.41, 5.74) is 1.27. The van der Waals surface area contributed by atoms with Crippen LogP contribution in [0.4, 0.5) is 5.69 Å². The van der Waals surface area contributed by atoms with Gasteiger partial charge in [0.25, 0.3) is 0 Å². The fourth-order valence-corrected chi connectivity index (χ4v) is 2.65. The Kier molecular flexibility index (Phi) is 6.25. The van der Waals surface area contributed by atoms with Crippen LogP contribution in [0.1, 0.15) is 6.92 Å². The molecular weight excluding hydrogens is 302 g/mol. The van der Waals surface area contributed by atoms with Crippen LogP contribution >= 0.6 is 18.5 Å². The molecular formula is C15H26N2O2P2. The number of ether oxygens (including phenoxy) is 2. The number of rotatable bonds is 6. The van der Waals surface area contributed by atoms with Gasteiger partial charge in [-0.15, -0.1) is 0 Å². The summed E-state index contributed by atoms with van der Waals surface area (Å²) in [6, 6.07) is 8.31. The fourth-order valence-electron chi connectivity index (χ4n) is 2.42. The summed E-state index contributed by atoms with van der Waals surface area (Å²) < 4.78 is 10.9. The SMILES string of the molecule is COc1ccc(N2CCN(CCOC(C)(P)P)CC2)cc1. The maximum atomic E-state index is 5.73. The first-order chi connectivity index (χ1) is 9.98. The second kappa shape index (κ2) is 7.74. The average molecular weight is 328 g/mol. The molecule has 1 saturated heterocycles. The van der Waals surface area contributed by atoms with Crippen molar-refractivity contribution >= 4 is 24.2 Å². The molecule has 0 radical (unpaired) electrons. The van der Waals surface area contributed by atoms with E-state index < -0.39 is 0 Å². The molecule has 0 spiro atoms. The molecule has 1 aromatic rings. The van der Waals surface area contributed by atoms with E-state index in [0.29, 0.717) is 0 Å². The van der Waals surface area contributed by atoms with E-state index in [0.717, 1.165) is 45.1 Å². The summed E-state index contributed by atoms with van der Waals surface area (Å²) >= 11 is 0. The number of anilines is 1. The van der Waals surface area contributed by atoms with Crippen LogP contribution in [0.25, 0.3) is 0 Å². The molecule has 0 aliphatic carbocycles. The maximum absolute atomic E-state index is 5.73. The zero-order chi connectivity index (χ0) is 15.3. The lowest BCUT2D eigenvalue weighted by Crippen LogP contribution is -2.47. The summed E-state index contributed by atoms with van der Waals surface area (Å²) in [7, 11) is 7.07. The van der Waals surface area contributed by atoms with Crippen LogP contribution in [0.2, 0.25) is 0 Å². The summed E-state index contributed by atoms with van der Waals surface area (Å²) in [6.07, 6.45) is 0. The van der Waals surface area contributed by atoms with Crippen LogP contribution in [0.5, 0.6) is 5.75 Å². The van der Waals surface area contributed by atoms with Gasteiger partial charge in [-0.2, -0.15) is 0 Å². The Hall–Kier alpha value is -0.400. The van der Waals surface area contributed by atoms with Crippen LogP contribution < -0.4 is 9.64 Å². The average Bonchev–Trinajstić information content (AvgIpc) is 2.47. The number of methoxy groups -OCH3 is 1. The zero-order valence-corrected chi connectivity index (χ0v) is 15.2. The predicted octanol–water partition coefficient (Wildman–Crippen LogP) is 2.26. The van der Waals surface area contributed by atoms with Crippen molar-refractivity contribution in [3.05, 3.63) is 24.3 Å². The highest BCUT2D eigenvalue weighted by atomic mass is 31.1. The number of benzene rings is 1. The highest BCUT2D eigenvalue weighted by molar-refractivity contribution is 7.39. The van der Waals surface area contributed by atoms with Crippen molar-refractivity contribution in [3.63, 3.8) is 0 Å². The molecule has 2 rings (SSSR count). The lowest BCUT2D eigenvalue weighted by atomic mass is 10.2. The van der Waals surface area contributed by atoms with Crippen molar-refractivity contribution in [1.82, 2.24) is 4.90 Å². The van der Waals surface area contributed by atoms with E-state index in [1.54, 1.807) is 7.11 Å². The third-order valence-electron chi connectivity index (χ3n) is 3.63. The minimum absolute atomic E-state index is 0.203. The highest BCUT2D eigenvalue weighted by Gasteiger charge is 2.18. The molecule has 2 unspecified atom stereocenters. The largest absolute Gasteiger partial charge is 0.497 e. The molecule has 1 heterocycles. The molecule has 0 amide bonds. The van der Waals surface area contributed by atoms with Gasteiger partial charge < -0.3 is 14.4 Å². The van der Waals surface area contributed by atoms with Crippen molar-refractivity contribution in [3.8, 4) is 5.75 Å². The molecule has 118 valence electrons. The Labute approximate surface area is 132 Å². The molecule has 2 atom stereocenters. The van der Waals surface area contributed by atoms with Crippen LogP contribution in [-0.2, 0) is 4.74 Å². The Morgan fingerprint density at radius 3 is 2.24 bits per heavy atom. The van der Waals surface area contributed by atoms with Gasteiger partial charge in [0.05, 0.1) is 18.8 Å². The maximum Gasteiger partial charge on any atom is 0.119 e. The van der Waals surface area contributed by atoms with Gasteiger partial charge in [-0.3, -0.25) is 4.90 Å². The minimum atomic E-state index is -0.203. The molecule has 0 bridgehead atoms. The Balaban J connectivity index is 1.74. The molecule has 1 fully saturated rings. The van der Waals surface area contributed by atoms with Gasteiger partial charge in [0.15, 0.2) is 0 Å². The van der Waals surface area contributed by atoms with E-state index in [-0.39, 0.29) is 5.08 Å². The van der Waals surface area contributed by atoms with Crippen molar-refractivity contribution in [2.24, 2.45) is 0 Å². The summed E-state index contributed by atoms with van der Waals surface area (Å²) in [5, 5.41) is -0.203. The van der Waals surface area contributed by atoms with Gasteiger partial charge in [-0.25, -0.2) is 0 Å². The molecule has 1 aliphatic heterocycles. The topological polar surface area (TPSA) is 24.9 Å². The van der Waals surface area contributed by atoms with Crippen LogP contribution in [-0.4, -0.2) is 56.4 Å². The molecule has 0 N–H and O–H groups in total. The van der Waals surface area contributed by atoms with Crippen LogP contribution in [0.3, 0.4) is 0 Å². The molecule has 1 aromatic carbocycles. The van der Waals surface area contributed by atoms with Gasteiger partial charge >= 0.3 is 0 Å². The lowest BCUT2D eigenvalue weighted by molar-refractivity contribution is 0.0746. The Bertz CT molecular complexity index is 426. The molecule has 4 nitrogen and oxygen atoms in total.